The third-order valence-corrected chi connectivity index (χ3v) is 4.57. The molecule has 0 heterocycles. The summed E-state index contributed by atoms with van der Waals surface area (Å²) < 4.78 is 0. The van der Waals surface area contributed by atoms with Gasteiger partial charge in [-0.05, 0) is 36.0 Å². The maximum atomic E-state index is 4.10. The smallest absolute Gasteiger partial charge is 0.0198 e. The fourth-order valence-electron chi connectivity index (χ4n) is 3.55. The van der Waals surface area contributed by atoms with E-state index in [1.807, 2.05) is 0 Å². The minimum absolute atomic E-state index is 0.503. The Bertz CT molecular complexity index is 259. The molecule has 1 heteroatoms. The summed E-state index contributed by atoms with van der Waals surface area (Å²) in [4.78, 5) is 0. The maximum absolute atomic E-state index is 4.10. The number of hydrogen-bond acceptors (Lipinski definition) is 1. The molecule has 1 saturated carbocycles. The van der Waals surface area contributed by atoms with Gasteiger partial charge in [-0.3, -0.25) is 0 Å². The molecular formula is C16H31N. The Balaban J connectivity index is 2.40. The Morgan fingerprint density at radius 3 is 2.29 bits per heavy atom. The zero-order valence-corrected chi connectivity index (χ0v) is 12.5. The predicted molar refractivity (Wildman–Crippen MR) is 77.0 cm³/mol. The fourth-order valence-corrected chi connectivity index (χ4v) is 3.55. The summed E-state index contributed by atoms with van der Waals surface area (Å²) in [5.74, 6) is 0.547. The normalized spacial score (nSPS) is 32.4. The number of hydrogen-bond donors (Lipinski definition) is 1. The van der Waals surface area contributed by atoms with Gasteiger partial charge in [-0.2, -0.15) is 0 Å². The highest BCUT2D eigenvalue weighted by molar-refractivity contribution is 5.04. The Kier molecular flexibility index (Phi) is 4.69. The third-order valence-electron chi connectivity index (χ3n) is 4.57. The van der Waals surface area contributed by atoms with Crippen LogP contribution in [0.25, 0.3) is 0 Å². The van der Waals surface area contributed by atoms with Gasteiger partial charge in [0.1, 0.15) is 0 Å². The number of nitrogens with one attached hydrogen (secondary N) is 1. The van der Waals surface area contributed by atoms with Crippen molar-refractivity contribution < 1.29 is 0 Å². The van der Waals surface area contributed by atoms with Crippen molar-refractivity contribution >= 4 is 0 Å². The van der Waals surface area contributed by atoms with Crippen molar-refractivity contribution in [1.82, 2.24) is 5.32 Å². The highest BCUT2D eigenvalue weighted by Gasteiger charge is 2.49. The lowest BCUT2D eigenvalue weighted by atomic mass is 9.51. The summed E-state index contributed by atoms with van der Waals surface area (Å²) in [6.45, 7) is 16.7. The van der Waals surface area contributed by atoms with Crippen LogP contribution in [0.1, 0.15) is 66.7 Å². The molecule has 1 rings (SSSR count). The molecule has 1 aliphatic carbocycles. The molecule has 0 atom stereocenters. The Morgan fingerprint density at radius 1 is 1.29 bits per heavy atom. The molecule has 0 unspecified atom stereocenters. The Hall–Kier alpha value is -0.460. The van der Waals surface area contributed by atoms with E-state index in [1.54, 1.807) is 0 Å². The van der Waals surface area contributed by atoms with Gasteiger partial charge < -0.3 is 5.32 Å². The minimum atomic E-state index is 0.503. The zero-order chi connectivity index (χ0) is 13.1. The largest absolute Gasteiger partial charge is 0.388 e. The van der Waals surface area contributed by atoms with Gasteiger partial charge in [-0.15, -0.1) is 0 Å². The lowest BCUT2D eigenvalue weighted by Gasteiger charge is -2.55. The van der Waals surface area contributed by atoms with Crippen LogP contribution in [0.2, 0.25) is 0 Å². The highest BCUT2D eigenvalue weighted by atomic mass is 14.9. The van der Waals surface area contributed by atoms with Crippen molar-refractivity contribution in [2.24, 2.45) is 16.7 Å². The summed E-state index contributed by atoms with van der Waals surface area (Å²) in [6.07, 6.45) is 6.87. The molecule has 0 saturated heterocycles. The summed E-state index contributed by atoms with van der Waals surface area (Å²) in [7, 11) is 0. The van der Waals surface area contributed by atoms with Crippen LogP contribution in [-0.4, -0.2) is 6.54 Å². The first-order chi connectivity index (χ1) is 7.86. The zero-order valence-electron chi connectivity index (χ0n) is 12.5. The molecule has 100 valence electrons. The van der Waals surface area contributed by atoms with E-state index in [-0.39, 0.29) is 0 Å². The van der Waals surface area contributed by atoms with Gasteiger partial charge >= 0.3 is 0 Å². The summed E-state index contributed by atoms with van der Waals surface area (Å²) in [5, 5.41) is 3.53. The molecule has 1 N–H and O–H groups in total. The molecule has 17 heavy (non-hydrogen) atoms. The van der Waals surface area contributed by atoms with Crippen LogP contribution in [0.4, 0.5) is 0 Å². The highest BCUT2D eigenvalue weighted by Crippen LogP contribution is 2.58. The number of rotatable bonds is 7. The van der Waals surface area contributed by atoms with Crippen LogP contribution in [0.15, 0.2) is 12.3 Å². The first kappa shape index (κ1) is 14.6. The van der Waals surface area contributed by atoms with Crippen molar-refractivity contribution in [1.29, 1.82) is 0 Å². The first-order valence-corrected chi connectivity index (χ1v) is 7.29. The fraction of sp³-hybridized carbons (Fsp3) is 0.875. The molecule has 0 radical (unpaired) electrons. The monoisotopic (exact) mass is 237 g/mol. The predicted octanol–water partition coefficient (Wildman–Crippen LogP) is 4.74. The van der Waals surface area contributed by atoms with E-state index in [0.717, 1.165) is 6.54 Å². The van der Waals surface area contributed by atoms with E-state index in [1.165, 1.54) is 37.8 Å². The van der Waals surface area contributed by atoms with E-state index in [4.69, 9.17) is 0 Å². The van der Waals surface area contributed by atoms with Crippen LogP contribution < -0.4 is 5.32 Å². The molecule has 1 aliphatic rings. The second-order valence-corrected chi connectivity index (χ2v) is 6.80. The van der Waals surface area contributed by atoms with Gasteiger partial charge in [0.15, 0.2) is 0 Å². The van der Waals surface area contributed by atoms with Crippen LogP contribution in [0.3, 0.4) is 0 Å². The molecular weight excluding hydrogens is 206 g/mol. The van der Waals surface area contributed by atoms with Gasteiger partial charge in [-0.1, -0.05) is 54.0 Å². The van der Waals surface area contributed by atoms with Crippen LogP contribution in [0, 0.1) is 16.7 Å². The lowest BCUT2D eigenvalue weighted by Crippen LogP contribution is -2.49. The standard InChI is InChI=1S/C16H31N/c1-7-9-16(8-2)10-15(6,11-16)12-17-14(5)13(3)4/h13,17H,5,7-12H2,1-4,6H3. The molecule has 0 spiro atoms. The van der Waals surface area contributed by atoms with Gasteiger partial charge in [0.2, 0.25) is 0 Å². The molecule has 1 nitrogen and oxygen atoms in total. The minimum Gasteiger partial charge on any atom is -0.388 e. The molecule has 0 amide bonds. The lowest BCUT2D eigenvalue weighted by molar-refractivity contribution is -0.0352. The van der Waals surface area contributed by atoms with Crippen molar-refractivity contribution in [3.8, 4) is 0 Å². The first-order valence-electron chi connectivity index (χ1n) is 7.29. The van der Waals surface area contributed by atoms with E-state index in [2.05, 4.69) is 46.5 Å². The van der Waals surface area contributed by atoms with Crippen LogP contribution in [-0.2, 0) is 0 Å². The van der Waals surface area contributed by atoms with E-state index < -0.39 is 0 Å². The van der Waals surface area contributed by atoms with Gasteiger partial charge in [0.25, 0.3) is 0 Å². The molecule has 1 fully saturated rings. The molecule has 0 aromatic carbocycles. The summed E-state index contributed by atoms with van der Waals surface area (Å²) in [5.41, 5.74) is 2.35. The Morgan fingerprint density at radius 2 is 1.88 bits per heavy atom. The van der Waals surface area contributed by atoms with Crippen LogP contribution in [0.5, 0.6) is 0 Å². The quantitative estimate of drug-likeness (QED) is 0.674. The van der Waals surface area contributed by atoms with E-state index in [9.17, 15) is 0 Å². The van der Waals surface area contributed by atoms with Crippen molar-refractivity contribution in [2.75, 3.05) is 6.54 Å². The molecule has 0 bridgehead atoms. The second-order valence-electron chi connectivity index (χ2n) is 6.80. The van der Waals surface area contributed by atoms with Gasteiger partial charge in [0, 0.05) is 12.2 Å². The van der Waals surface area contributed by atoms with Crippen LogP contribution >= 0.6 is 0 Å². The second kappa shape index (κ2) is 5.46. The summed E-state index contributed by atoms with van der Waals surface area (Å²) in [6, 6.07) is 0. The van der Waals surface area contributed by atoms with Crippen molar-refractivity contribution in [3.63, 3.8) is 0 Å². The molecule has 0 aromatic heterocycles. The topological polar surface area (TPSA) is 12.0 Å². The van der Waals surface area contributed by atoms with Crippen molar-refractivity contribution in [2.45, 2.75) is 66.7 Å². The summed E-state index contributed by atoms with van der Waals surface area (Å²) >= 11 is 0. The van der Waals surface area contributed by atoms with Gasteiger partial charge in [-0.25, -0.2) is 0 Å². The third kappa shape index (κ3) is 3.50. The Labute approximate surface area is 108 Å². The average molecular weight is 237 g/mol. The number of allylic oxidation sites excluding steroid dienone is 1. The average Bonchev–Trinajstić information content (AvgIpc) is 2.23. The van der Waals surface area contributed by atoms with E-state index in [0.29, 0.717) is 16.7 Å². The SMILES string of the molecule is C=C(NCC1(C)CC(CC)(CCC)C1)C(C)C. The molecule has 0 aliphatic heterocycles. The maximum Gasteiger partial charge on any atom is 0.0198 e. The van der Waals surface area contributed by atoms with Crippen molar-refractivity contribution in [3.05, 3.63) is 12.3 Å². The molecule has 0 aromatic rings. The van der Waals surface area contributed by atoms with Gasteiger partial charge in [0.05, 0.1) is 0 Å². The van der Waals surface area contributed by atoms with E-state index >= 15 is 0 Å².